The minimum atomic E-state index is -0.235. The summed E-state index contributed by atoms with van der Waals surface area (Å²) in [5.74, 6) is -0.111. The normalized spacial score (nSPS) is 12.2. The van der Waals surface area contributed by atoms with E-state index in [4.69, 9.17) is 0 Å². The van der Waals surface area contributed by atoms with Crippen LogP contribution < -0.4 is 5.32 Å². The van der Waals surface area contributed by atoms with Gasteiger partial charge in [0, 0.05) is 12.5 Å². The standard InChI is InChI=1S/C20H19N5OS/c1-13-7-9-15(10-8-13)25-12-17(23-24-25)19(26)21-11-14(2)20-22-16-5-3-4-6-18(16)27-20/h3-10,12,14H,11H2,1-2H3,(H,21,26). The molecule has 1 atom stereocenters. The number of hydrogen-bond acceptors (Lipinski definition) is 5. The maximum absolute atomic E-state index is 12.4. The Labute approximate surface area is 160 Å². The molecular formula is C20H19N5OS. The largest absolute Gasteiger partial charge is 0.350 e. The fourth-order valence-corrected chi connectivity index (χ4v) is 3.73. The zero-order valence-electron chi connectivity index (χ0n) is 15.1. The third kappa shape index (κ3) is 3.73. The molecule has 0 spiro atoms. The van der Waals surface area contributed by atoms with Crippen molar-refractivity contribution in [3.8, 4) is 5.69 Å². The fraction of sp³-hybridized carbons (Fsp3) is 0.200. The third-order valence-electron chi connectivity index (χ3n) is 4.33. The molecule has 0 aliphatic rings. The van der Waals surface area contributed by atoms with E-state index in [-0.39, 0.29) is 11.8 Å². The monoisotopic (exact) mass is 377 g/mol. The van der Waals surface area contributed by atoms with Crippen molar-refractivity contribution in [3.63, 3.8) is 0 Å². The van der Waals surface area contributed by atoms with Gasteiger partial charge in [0.1, 0.15) is 0 Å². The lowest BCUT2D eigenvalue weighted by Gasteiger charge is -2.08. The van der Waals surface area contributed by atoms with Crippen molar-refractivity contribution in [2.45, 2.75) is 19.8 Å². The number of thiazole rings is 1. The zero-order chi connectivity index (χ0) is 18.8. The van der Waals surface area contributed by atoms with Crippen LogP contribution in [0.2, 0.25) is 0 Å². The molecule has 4 rings (SSSR count). The molecule has 1 amide bonds. The summed E-state index contributed by atoms with van der Waals surface area (Å²) in [5, 5.41) is 12.0. The minimum Gasteiger partial charge on any atom is -0.350 e. The number of carbonyl (C=O) groups is 1. The molecule has 0 bridgehead atoms. The summed E-state index contributed by atoms with van der Waals surface area (Å²) < 4.78 is 2.76. The summed E-state index contributed by atoms with van der Waals surface area (Å²) in [7, 11) is 0. The molecule has 4 aromatic rings. The average Bonchev–Trinajstić information content (AvgIpc) is 3.33. The van der Waals surface area contributed by atoms with Crippen molar-refractivity contribution >= 4 is 27.5 Å². The number of rotatable bonds is 5. The van der Waals surface area contributed by atoms with Crippen molar-refractivity contribution in [2.75, 3.05) is 6.54 Å². The van der Waals surface area contributed by atoms with Gasteiger partial charge in [-0.3, -0.25) is 4.79 Å². The van der Waals surface area contributed by atoms with Gasteiger partial charge in [0.2, 0.25) is 0 Å². The number of para-hydroxylation sites is 1. The lowest BCUT2D eigenvalue weighted by molar-refractivity contribution is 0.0946. The minimum absolute atomic E-state index is 0.124. The highest BCUT2D eigenvalue weighted by Crippen LogP contribution is 2.26. The SMILES string of the molecule is Cc1ccc(-n2cc(C(=O)NCC(C)c3nc4ccccc4s3)nn2)cc1. The highest BCUT2D eigenvalue weighted by atomic mass is 32.1. The van der Waals surface area contributed by atoms with Crippen molar-refractivity contribution in [1.82, 2.24) is 25.3 Å². The predicted molar refractivity (Wildman–Crippen MR) is 106 cm³/mol. The van der Waals surface area contributed by atoms with E-state index in [1.54, 1.807) is 22.2 Å². The summed E-state index contributed by atoms with van der Waals surface area (Å²) >= 11 is 1.66. The molecule has 2 aromatic carbocycles. The van der Waals surface area contributed by atoms with Crippen LogP contribution in [0, 0.1) is 6.92 Å². The molecule has 1 unspecified atom stereocenters. The second kappa shape index (κ2) is 7.28. The van der Waals surface area contributed by atoms with Crippen LogP contribution >= 0.6 is 11.3 Å². The molecule has 0 fully saturated rings. The van der Waals surface area contributed by atoms with E-state index in [0.29, 0.717) is 12.2 Å². The van der Waals surface area contributed by atoms with Gasteiger partial charge in [0.05, 0.1) is 27.1 Å². The molecule has 27 heavy (non-hydrogen) atoms. The van der Waals surface area contributed by atoms with Gasteiger partial charge in [-0.05, 0) is 31.2 Å². The van der Waals surface area contributed by atoms with E-state index >= 15 is 0 Å². The number of aromatic nitrogens is 4. The summed E-state index contributed by atoms with van der Waals surface area (Å²) in [6.45, 7) is 4.58. The Morgan fingerprint density at radius 1 is 1.19 bits per heavy atom. The van der Waals surface area contributed by atoms with Gasteiger partial charge < -0.3 is 5.32 Å². The summed E-state index contributed by atoms with van der Waals surface area (Å²) in [6, 6.07) is 15.9. The van der Waals surface area contributed by atoms with E-state index in [2.05, 4.69) is 33.6 Å². The van der Waals surface area contributed by atoms with Gasteiger partial charge in [0.25, 0.3) is 5.91 Å². The smallest absolute Gasteiger partial charge is 0.273 e. The van der Waals surface area contributed by atoms with Crippen LogP contribution in [0.25, 0.3) is 15.9 Å². The Balaban J connectivity index is 1.41. The molecule has 2 aromatic heterocycles. The van der Waals surface area contributed by atoms with Gasteiger partial charge in [-0.1, -0.05) is 42.0 Å². The van der Waals surface area contributed by atoms with E-state index in [9.17, 15) is 4.79 Å². The Morgan fingerprint density at radius 2 is 1.96 bits per heavy atom. The fourth-order valence-electron chi connectivity index (χ4n) is 2.72. The molecule has 2 heterocycles. The Hall–Kier alpha value is -3.06. The number of carbonyl (C=O) groups excluding carboxylic acids is 1. The summed E-state index contributed by atoms with van der Waals surface area (Å²) in [6.07, 6.45) is 1.64. The van der Waals surface area contributed by atoms with Crippen LogP contribution in [0.3, 0.4) is 0 Å². The Kier molecular flexibility index (Phi) is 4.68. The first-order chi connectivity index (χ1) is 13.1. The number of hydrogen-bond donors (Lipinski definition) is 1. The molecule has 0 aliphatic carbocycles. The Morgan fingerprint density at radius 3 is 2.74 bits per heavy atom. The van der Waals surface area contributed by atoms with Crippen LogP contribution in [0.4, 0.5) is 0 Å². The highest BCUT2D eigenvalue weighted by Gasteiger charge is 2.15. The first kappa shape index (κ1) is 17.4. The summed E-state index contributed by atoms with van der Waals surface area (Å²) in [4.78, 5) is 17.1. The number of nitrogens with zero attached hydrogens (tertiary/aromatic N) is 4. The molecule has 1 N–H and O–H groups in total. The van der Waals surface area contributed by atoms with Crippen LogP contribution in [-0.2, 0) is 0 Å². The third-order valence-corrected chi connectivity index (χ3v) is 5.59. The first-order valence-electron chi connectivity index (χ1n) is 8.73. The van der Waals surface area contributed by atoms with Crippen molar-refractivity contribution in [3.05, 3.63) is 71.0 Å². The van der Waals surface area contributed by atoms with E-state index < -0.39 is 0 Å². The van der Waals surface area contributed by atoms with Gasteiger partial charge in [-0.15, -0.1) is 16.4 Å². The summed E-state index contributed by atoms with van der Waals surface area (Å²) in [5.41, 5.74) is 3.33. The quantitative estimate of drug-likeness (QED) is 0.575. The van der Waals surface area contributed by atoms with Crippen molar-refractivity contribution < 1.29 is 4.79 Å². The second-order valence-electron chi connectivity index (χ2n) is 6.51. The maximum Gasteiger partial charge on any atom is 0.273 e. The molecule has 7 heteroatoms. The molecule has 136 valence electrons. The van der Waals surface area contributed by atoms with E-state index in [1.807, 2.05) is 49.4 Å². The van der Waals surface area contributed by atoms with E-state index in [0.717, 1.165) is 20.9 Å². The van der Waals surface area contributed by atoms with Crippen LogP contribution in [0.1, 0.15) is 33.9 Å². The second-order valence-corrected chi connectivity index (χ2v) is 7.58. The molecule has 0 radical (unpaired) electrons. The molecular weight excluding hydrogens is 358 g/mol. The van der Waals surface area contributed by atoms with Gasteiger partial charge in [0.15, 0.2) is 5.69 Å². The molecule has 0 saturated carbocycles. The highest BCUT2D eigenvalue weighted by molar-refractivity contribution is 7.18. The van der Waals surface area contributed by atoms with E-state index in [1.165, 1.54) is 5.56 Å². The van der Waals surface area contributed by atoms with Crippen LogP contribution in [-0.4, -0.2) is 32.4 Å². The van der Waals surface area contributed by atoms with Crippen LogP contribution in [0.15, 0.2) is 54.7 Å². The van der Waals surface area contributed by atoms with Gasteiger partial charge in [-0.2, -0.15) is 0 Å². The van der Waals surface area contributed by atoms with Crippen molar-refractivity contribution in [2.24, 2.45) is 0 Å². The molecule has 0 saturated heterocycles. The zero-order valence-corrected chi connectivity index (χ0v) is 15.9. The number of nitrogens with one attached hydrogen (secondary N) is 1. The Bertz CT molecular complexity index is 1050. The van der Waals surface area contributed by atoms with Gasteiger partial charge in [-0.25, -0.2) is 9.67 Å². The maximum atomic E-state index is 12.4. The molecule has 0 aliphatic heterocycles. The number of amides is 1. The van der Waals surface area contributed by atoms with Crippen molar-refractivity contribution in [1.29, 1.82) is 0 Å². The first-order valence-corrected chi connectivity index (χ1v) is 9.55. The predicted octanol–water partition coefficient (Wildman–Crippen LogP) is 3.72. The lowest BCUT2D eigenvalue weighted by atomic mass is 10.2. The number of benzene rings is 2. The van der Waals surface area contributed by atoms with Gasteiger partial charge >= 0.3 is 0 Å². The topological polar surface area (TPSA) is 72.7 Å². The number of aryl methyl sites for hydroxylation is 1. The van der Waals surface area contributed by atoms with Crippen LogP contribution in [0.5, 0.6) is 0 Å². The average molecular weight is 377 g/mol. The number of fused-ring (bicyclic) bond motifs is 1. The molecule has 6 nitrogen and oxygen atoms in total. The lowest BCUT2D eigenvalue weighted by Crippen LogP contribution is -2.27.